The zero-order valence-electron chi connectivity index (χ0n) is 12.3. The molecule has 110 valence electrons. The first kappa shape index (κ1) is 14.6. The second-order valence-corrected chi connectivity index (χ2v) is 6.78. The molecule has 2 fully saturated rings. The Hall–Kier alpha value is -0.810. The molecule has 2 rings (SSSR count). The lowest BCUT2D eigenvalue weighted by Gasteiger charge is -2.41. The minimum absolute atomic E-state index is 0.181. The van der Waals surface area contributed by atoms with Gasteiger partial charge < -0.3 is 20.1 Å². The van der Waals surface area contributed by atoms with Crippen molar-refractivity contribution in [2.24, 2.45) is 11.7 Å². The van der Waals surface area contributed by atoms with Gasteiger partial charge in [-0.1, -0.05) is 0 Å². The van der Waals surface area contributed by atoms with Crippen LogP contribution in [0.3, 0.4) is 0 Å². The predicted molar refractivity (Wildman–Crippen MR) is 72.9 cm³/mol. The molecule has 0 aromatic rings. The molecule has 1 amide bonds. The molecule has 2 aliphatic rings. The Balaban J connectivity index is 1.96. The Bertz CT molecular complexity index is 340. The van der Waals surface area contributed by atoms with E-state index in [1.54, 1.807) is 4.90 Å². The Labute approximate surface area is 115 Å². The Morgan fingerprint density at radius 3 is 2.84 bits per heavy atom. The molecule has 1 spiro atoms. The summed E-state index contributed by atoms with van der Waals surface area (Å²) in [5.41, 5.74) is 5.11. The minimum Gasteiger partial charge on any atom is -0.444 e. The van der Waals surface area contributed by atoms with Crippen LogP contribution in [0.15, 0.2) is 0 Å². The summed E-state index contributed by atoms with van der Waals surface area (Å²) in [5, 5.41) is 0. The smallest absolute Gasteiger partial charge is 0.410 e. The summed E-state index contributed by atoms with van der Waals surface area (Å²) in [6.07, 6.45) is 2.82. The van der Waals surface area contributed by atoms with E-state index in [2.05, 4.69) is 0 Å². The molecule has 1 saturated carbocycles. The van der Waals surface area contributed by atoms with Crippen LogP contribution in [0, 0.1) is 5.92 Å². The minimum atomic E-state index is -0.446. The van der Waals surface area contributed by atoms with Gasteiger partial charge in [0.05, 0.1) is 18.8 Å². The van der Waals surface area contributed by atoms with Gasteiger partial charge in [0.15, 0.2) is 0 Å². The summed E-state index contributed by atoms with van der Waals surface area (Å²) >= 11 is 0. The normalized spacial score (nSPS) is 31.8. The highest BCUT2D eigenvalue weighted by atomic mass is 16.6. The molecule has 0 bridgehead atoms. The SMILES string of the molecule is CC(C)(C)OC(=O)N1CCOC2(CCC(CN)C2)C1. The van der Waals surface area contributed by atoms with Crippen molar-refractivity contribution in [3.63, 3.8) is 0 Å². The largest absolute Gasteiger partial charge is 0.444 e. The van der Waals surface area contributed by atoms with Crippen molar-refractivity contribution >= 4 is 6.09 Å². The fourth-order valence-electron chi connectivity index (χ4n) is 3.00. The first-order valence-electron chi connectivity index (χ1n) is 7.15. The molecule has 2 N–H and O–H groups in total. The summed E-state index contributed by atoms with van der Waals surface area (Å²) in [4.78, 5) is 13.9. The molecule has 5 nitrogen and oxygen atoms in total. The molecule has 2 unspecified atom stereocenters. The molecule has 1 heterocycles. The van der Waals surface area contributed by atoms with Gasteiger partial charge in [0.25, 0.3) is 0 Å². The van der Waals surface area contributed by atoms with E-state index in [1.165, 1.54) is 0 Å². The van der Waals surface area contributed by atoms with Gasteiger partial charge in [-0.15, -0.1) is 0 Å². The zero-order valence-corrected chi connectivity index (χ0v) is 12.3. The number of carbonyl (C=O) groups is 1. The van der Waals surface area contributed by atoms with Gasteiger partial charge in [0, 0.05) is 6.54 Å². The van der Waals surface area contributed by atoms with Crippen LogP contribution >= 0.6 is 0 Å². The van der Waals surface area contributed by atoms with Crippen LogP contribution in [0.4, 0.5) is 4.79 Å². The van der Waals surface area contributed by atoms with Gasteiger partial charge in [-0.3, -0.25) is 0 Å². The highest BCUT2D eigenvalue weighted by Crippen LogP contribution is 2.39. The maximum absolute atomic E-state index is 12.1. The van der Waals surface area contributed by atoms with E-state index in [1.807, 2.05) is 20.8 Å². The number of nitrogens with two attached hydrogens (primary N) is 1. The van der Waals surface area contributed by atoms with Crippen LogP contribution in [0.2, 0.25) is 0 Å². The van der Waals surface area contributed by atoms with Crippen LogP contribution in [-0.4, -0.2) is 48.4 Å². The third kappa shape index (κ3) is 3.60. The number of ether oxygens (including phenoxy) is 2. The van der Waals surface area contributed by atoms with Gasteiger partial charge >= 0.3 is 6.09 Å². The summed E-state index contributed by atoms with van der Waals surface area (Å²) in [7, 11) is 0. The van der Waals surface area contributed by atoms with Crippen molar-refractivity contribution in [3.05, 3.63) is 0 Å². The molecular formula is C14H26N2O3. The van der Waals surface area contributed by atoms with Crippen molar-refractivity contribution in [2.75, 3.05) is 26.2 Å². The Morgan fingerprint density at radius 1 is 1.53 bits per heavy atom. The summed E-state index contributed by atoms with van der Waals surface area (Å²) < 4.78 is 11.4. The van der Waals surface area contributed by atoms with Crippen molar-refractivity contribution in [2.45, 2.75) is 51.2 Å². The van der Waals surface area contributed by atoms with Crippen LogP contribution in [-0.2, 0) is 9.47 Å². The third-order valence-corrected chi connectivity index (χ3v) is 3.90. The highest BCUT2D eigenvalue weighted by Gasteiger charge is 2.44. The molecule has 2 atom stereocenters. The molecule has 0 radical (unpaired) electrons. The number of morpholine rings is 1. The van der Waals surface area contributed by atoms with Gasteiger partial charge in [-0.2, -0.15) is 0 Å². The van der Waals surface area contributed by atoms with Crippen LogP contribution in [0.25, 0.3) is 0 Å². The lowest BCUT2D eigenvalue weighted by molar-refractivity contribution is -0.106. The van der Waals surface area contributed by atoms with E-state index in [-0.39, 0.29) is 11.7 Å². The average Bonchev–Trinajstić information content (AvgIpc) is 2.70. The van der Waals surface area contributed by atoms with E-state index < -0.39 is 5.60 Å². The van der Waals surface area contributed by atoms with Crippen molar-refractivity contribution in [1.82, 2.24) is 4.90 Å². The van der Waals surface area contributed by atoms with Crippen LogP contribution in [0.5, 0.6) is 0 Å². The first-order valence-corrected chi connectivity index (χ1v) is 7.15. The lowest BCUT2D eigenvalue weighted by atomic mass is 9.98. The number of rotatable bonds is 1. The standard InChI is InChI=1S/C14H26N2O3/c1-13(2,3)19-12(17)16-6-7-18-14(10-16)5-4-11(8-14)9-15/h11H,4-10,15H2,1-3H3. The van der Waals surface area contributed by atoms with E-state index in [0.717, 1.165) is 19.3 Å². The highest BCUT2D eigenvalue weighted by molar-refractivity contribution is 5.68. The van der Waals surface area contributed by atoms with Gasteiger partial charge in [-0.05, 0) is 52.5 Å². The Kier molecular flexibility index (Phi) is 4.06. The molecule has 0 aromatic heterocycles. The van der Waals surface area contributed by atoms with Crippen molar-refractivity contribution in [1.29, 1.82) is 0 Å². The fourth-order valence-corrected chi connectivity index (χ4v) is 3.00. The Morgan fingerprint density at radius 2 is 2.26 bits per heavy atom. The lowest BCUT2D eigenvalue weighted by Crippen LogP contribution is -2.53. The topological polar surface area (TPSA) is 64.8 Å². The van der Waals surface area contributed by atoms with Gasteiger partial charge in [0.2, 0.25) is 0 Å². The van der Waals surface area contributed by atoms with E-state index in [9.17, 15) is 4.79 Å². The fraction of sp³-hybridized carbons (Fsp3) is 0.929. The van der Waals surface area contributed by atoms with E-state index >= 15 is 0 Å². The maximum atomic E-state index is 12.1. The average molecular weight is 270 g/mol. The molecule has 5 heteroatoms. The maximum Gasteiger partial charge on any atom is 0.410 e. The summed E-state index contributed by atoms with van der Waals surface area (Å²) in [6.45, 7) is 8.22. The first-order chi connectivity index (χ1) is 8.84. The molecule has 1 aliphatic carbocycles. The number of carbonyl (C=O) groups excluding carboxylic acids is 1. The third-order valence-electron chi connectivity index (χ3n) is 3.90. The molecular weight excluding hydrogens is 244 g/mol. The van der Waals surface area contributed by atoms with Crippen LogP contribution < -0.4 is 5.73 Å². The number of hydrogen-bond acceptors (Lipinski definition) is 4. The van der Waals surface area contributed by atoms with E-state index in [4.69, 9.17) is 15.2 Å². The second-order valence-electron chi connectivity index (χ2n) is 6.78. The molecule has 1 saturated heterocycles. The number of amides is 1. The zero-order chi connectivity index (χ0) is 14.1. The predicted octanol–water partition coefficient (Wildman–Crippen LogP) is 1.75. The summed E-state index contributed by atoms with van der Waals surface area (Å²) in [5.74, 6) is 0.526. The van der Waals surface area contributed by atoms with E-state index in [0.29, 0.717) is 32.2 Å². The number of hydrogen-bond donors (Lipinski definition) is 1. The monoisotopic (exact) mass is 270 g/mol. The van der Waals surface area contributed by atoms with Crippen molar-refractivity contribution in [3.8, 4) is 0 Å². The van der Waals surface area contributed by atoms with Crippen molar-refractivity contribution < 1.29 is 14.3 Å². The molecule has 0 aromatic carbocycles. The quantitative estimate of drug-likeness (QED) is 0.788. The van der Waals surface area contributed by atoms with Gasteiger partial charge in [-0.25, -0.2) is 4.79 Å². The second kappa shape index (κ2) is 5.29. The molecule has 19 heavy (non-hydrogen) atoms. The number of nitrogens with zero attached hydrogens (tertiary/aromatic N) is 1. The summed E-state index contributed by atoms with van der Waals surface area (Å²) in [6, 6.07) is 0. The van der Waals surface area contributed by atoms with Gasteiger partial charge in [0.1, 0.15) is 5.60 Å². The molecule has 1 aliphatic heterocycles. The van der Waals surface area contributed by atoms with Crippen LogP contribution in [0.1, 0.15) is 40.0 Å².